The monoisotopic (exact) mass is 412 g/mol. The molecule has 0 saturated carbocycles. The SMILES string of the molecule is Cc1c2c[n+](CCC(=O)O)ccc2c(C)c2c1c1ccccc1n2C.[Br-]. The number of aryl methyl sites for hydroxylation is 4. The Hall–Kier alpha value is -2.40. The average Bonchev–Trinajstić information content (AvgIpc) is 2.91. The maximum Gasteiger partial charge on any atom is 0.309 e. The molecule has 2 aromatic carbocycles. The summed E-state index contributed by atoms with van der Waals surface area (Å²) in [6, 6.07) is 10.6. The van der Waals surface area contributed by atoms with Crippen LogP contribution in [-0.4, -0.2) is 15.6 Å². The van der Waals surface area contributed by atoms with Gasteiger partial charge in [0.15, 0.2) is 18.9 Å². The molecule has 134 valence electrons. The van der Waals surface area contributed by atoms with Crippen LogP contribution >= 0.6 is 0 Å². The van der Waals surface area contributed by atoms with E-state index >= 15 is 0 Å². The molecule has 0 aliphatic rings. The Bertz CT molecular complexity index is 1160. The smallest absolute Gasteiger partial charge is 0.309 e. The molecule has 2 aromatic heterocycles. The van der Waals surface area contributed by atoms with Crippen LogP contribution in [0.5, 0.6) is 0 Å². The molecule has 0 unspecified atom stereocenters. The van der Waals surface area contributed by atoms with E-state index in [1.165, 1.54) is 43.7 Å². The maximum atomic E-state index is 10.9. The van der Waals surface area contributed by atoms with Gasteiger partial charge in [0.25, 0.3) is 0 Å². The van der Waals surface area contributed by atoms with Crippen molar-refractivity contribution in [3.63, 3.8) is 0 Å². The van der Waals surface area contributed by atoms with Gasteiger partial charge in [-0.1, -0.05) is 18.2 Å². The molecule has 0 fully saturated rings. The van der Waals surface area contributed by atoms with Crippen molar-refractivity contribution in [2.45, 2.75) is 26.8 Å². The molecule has 4 aromatic rings. The number of halogens is 1. The summed E-state index contributed by atoms with van der Waals surface area (Å²) in [5.41, 5.74) is 5.02. The molecule has 0 aliphatic carbocycles. The van der Waals surface area contributed by atoms with Crippen molar-refractivity contribution < 1.29 is 31.4 Å². The number of aromatic nitrogens is 2. The molecule has 2 heterocycles. The van der Waals surface area contributed by atoms with Gasteiger partial charge in [-0.2, -0.15) is 0 Å². The van der Waals surface area contributed by atoms with Gasteiger partial charge in [-0.25, -0.2) is 4.57 Å². The van der Waals surface area contributed by atoms with Crippen LogP contribution in [0, 0.1) is 13.8 Å². The number of aliphatic carboxylic acids is 1. The normalized spacial score (nSPS) is 11.2. The van der Waals surface area contributed by atoms with E-state index in [1.807, 2.05) is 10.8 Å². The first kappa shape index (κ1) is 18.4. The van der Waals surface area contributed by atoms with Crippen LogP contribution < -0.4 is 21.5 Å². The highest BCUT2D eigenvalue weighted by Gasteiger charge is 2.18. The Morgan fingerprint density at radius 1 is 1.08 bits per heavy atom. The lowest BCUT2D eigenvalue weighted by atomic mass is 9.97. The van der Waals surface area contributed by atoms with Crippen molar-refractivity contribution in [2.24, 2.45) is 7.05 Å². The number of hydrogen-bond donors (Lipinski definition) is 1. The second-order valence-corrected chi connectivity index (χ2v) is 6.70. The highest BCUT2D eigenvalue weighted by Crippen LogP contribution is 2.37. The molecule has 26 heavy (non-hydrogen) atoms. The zero-order chi connectivity index (χ0) is 17.7. The van der Waals surface area contributed by atoms with Gasteiger partial charge < -0.3 is 26.7 Å². The predicted octanol–water partition coefficient (Wildman–Crippen LogP) is 0.868. The van der Waals surface area contributed by atoms with Crippen LogP contribution in [0.25, 0.3) is 32.6 Å². The van der Waals surface area contributed by atoms with Gasteiger partial charge >= 0.3 is 5.97 Å². The zero-order valence-corrected chi connectivity index (χ0v) is 16.7. The minimum absolute atomic E-state index is 0. The minimum atomic E-state index is -0.773. The van der Waals surface area contributed by atoms with E-state index in [2.05, 4.69) is 62.0 Å². The number of carboxylic acid groups (broad SMARTS) is 1. The first-order chi connectivity index (χ1) is 12.0. The third kappa shape index (κ3) is 2.67. The van der Waals surface area contributed by atoms with E-state index in [4.69, 9.17) is 5.11 Å². The molecule has 1 N–H and O–H groups in total. The van der Waals surface area contributed by atoms with Crippen molar-refractivity contribution in [1.29, 1.82) is 0 Å². The van der Waals surface area contributed by atoms with Crippen LogP contribution in [0.3, 0.4) is 0 Å². The van der Waals surface area contributed by atoms with Crippen molar-refractivity contribution >= 4 is 38.5 Å². The molecule has 0 bridgehead atoms. The van der Waals surface area contributed by atoms with Gasteiger partial charge in [-0.15, -0.1) is 0 Å². The van der Waals surface area contributed by atoms with Crippen molar-refractivity contribution in [3.8, 4) is 0 Å². The fourth-order valence-electron chi connectivity index (χ4n) is 4.00. The lowest BCUT2D eigenvalue weighted by Gasteiger charge is -2.10. The van der Waals surface area contributed by atoms with Crippen LogP contribution in [0.2, 0.25) is 0 Å². The topological polar surface area (TPSA) is 46.1 Å². The van der Waals surface area contributed by atoms with Crippen molar-refractivity contribution in [1.82, 2.24) is 4.57 Å². The molecule has 0 atom stereocenters. The van der Waals surface area contributed by atoms with E-state index < -0.39 is 5.97 Å². The van der Waals surface area contributed by atoms with Gasteiger partial charge in [0, 0.05) is 34.8 Å². The molecule has 0 radical (unpaired) electrons. The number of nitrogens with zero attached hydrogens (tertiary/aromatic N) is 2. The zero-order valence-electron chi connectivity index (χ0n) is 15.1. The molecular formula is C21H21BrN2O2. The molecule has 0 aliphatic heterocycles. The van der Waals surface area contributed by atoms with Crippen molar-refractivity contribution in [3.05, 3.63) is 53.9 Å². The third-order valence-electron chi connectivity index (χ3n) is 5.25. The molecule has 5 heteroatoms. The number of carboxylic acids is 1. The second kappa shape index (κ2) is 6.72. The summed E-state index contributed by atoms with van der Waals surface area (Å²) >= 11 is 0. The largest absolute Gasteiger partial charge is 1.00 e. The summed E-state index contributed by atoms with van der Waals surface area (Å²) in [7, 11) is 2.12. The number of rotatable bonds is 3. The Balaban J connectivity index is 0.00000196. The minimum Gasteiger partial charge on any atom is -1.00 e. The standard InChI is InChI=1S/C21H20N2O2.BrH/c1-13-17-12-23(11-9-19(24)25)10-8-15(17)14(2)21-20(13)16-6-4-5-7-18(16)22(21)3;/h4-8,10,12H,9,11H2,1-3H3;1H. The van der Waals surface area contributed by atoms with E-state index in [0.717, 1.165) is 0 Å². The Morgan fingerprint density at radius 3 is 2.54 bits per heavy atom. The fraction of sp³-hybridized carbons (Fsp3) is 0.238. The predicted molar refractivity (Wildman–Crippen MR) is 99.9 cm³/mol. The first-order valence-electron chi connectivity index (χ1n) is 8.50. The van der Waals surface area contributed by atoms with Gasteiger partial charge in [-0.3, -0.25) is 4.79 Å². The Labute approximate surface area is 162 Å². The van der Waals surface area contributed by atoms with Crippen molar-refractivity contribution in [2.75, 3.05) is 0 Å². The summed E-state index contributed by atoms with van der Waals surface area (Å²) in [6.45, 7) is 4.82. The van der Waals surface area contributed by atoms with Gasteiger partial charge in [0.1, 0.15) is 6.42 Å². The van der Waals surface area contributed by atoms with Crippen LogP contribution in [0.4, 0.5) is 0 Å². The van der Waals surface area contributed by atoms with E-state index in [-0.39, 0.29) is 23.4 Å². The summed E-state index contributed by atoms with van der Waals surface area (Å²) in [5.74, 6) is -0.773. The molecule has 4 nitrogen and oxygen atoms in total. The summed E-state index contributed by atoms with van der Waals surface area (Å²) in [6.07, 6.45) is 4.19. The Morgan fingerprint density at radius 2 is 1.81 bits per heavy atom. The van der Waals surface area contributed by atoms with Gasteiger partial charge in [0.2, 0.25) is 0 Å². The number of hydrogen-bond acceptors (Lipinski definition) is 1. The molecule has 0 saturated heterocycles. The highest BCUT2D eigenvalue weighted by molar-refractivity contribution is 6.16. The first-order valence-corrected chi connectivity index (χ1v) is 8.50. The molecule has 4 rings (SSSR count). The summed E-state index contributed by atoms with van der Waals surface area (Å²) in [4.78, 5) is 10.9. The van der Waals surface area contributed by atoms with Crippen LogP contribution in [0.15, 0.2) is 42.7 Å². The summed E-state index contributed by atoms with van der Waals surface area (Å²) in [5, 5.41) is 13.9. The van der Waals surface area contributed by atoms with Crippen LogP contribution in [0.1, 0.15) is 17.5 Å². The molecular weight excluding hydrogens is 392 g/mol. The maximum absolute atomic E-state index is 10.9. The lowest BCUT2D eigenvalue weighted by molar-refractivity contribution is -0.694. The number of para-hydroxylation sites is 1. The number of carbonyl (C=O) groups is 1. The molecule has 0 amide bonds. The van der Waals surface area contributed by atoms with E-state index in [1.54, 1.807) is 0 Å². The highest BCUT2D eigenvalue weighted by atomic mass is 79.9. The van der Waals surface area contributed by atoms with Gasteiger partial charge in [0.05, 0.1) is 5.52 Å². The van der Waals surface area contributed by atoms with Crippen LogP contribution in [-0.2, 0) is 18.4 Å². The third-order valence-corrected chi connectivity index (χ3v) is 5.25. The van der Waals surface area contributed by atoms with E-state index in [9.17, 15) is 4.79 Å². The Kier molecular flexibility index (Phi) is 4.76. The number of fused-ring (bicyclic) bond motifs is 4. The number of benzene rings is 2. The van der Waals surface area contributed by atoms with Gasteiger partial charge in [-0.05, 0) is 36.4 Å². The summed E-state index contributed by atoms with van der Waals surface area (Å²) < 4.78 is 4.25. The lowest BCUT2D eigenvalue weighted by Crippen LogP contribution is -3.00. The van der Waals surface area contributed by atoms with E-state index in [0.29, 0.717) is 6.54 Å². The molecule has 0 spiro atoms. The fourth-order valence-corrected chi connectivity index (χ4v) is 4.00. The quantitative estimate of drug-likeness (QED) is 0.507. The second-order valence-electron chi connectivity index (χ2n) is 6.70. The number of pyridine rings is 1. The average molecular weight is 413 g/mol.